The predicted octanol–water partition coefficient (Wildman–Crippen LogP) is 2.28. The summed E-state index contributed by atoms with van der Waals surface area (Å²) in [7, 11) is -3.33. The van der Waals surface area contributed by atoms with Crippen molar-refractivity contribution >= 4 is 10.0 Å². The highest BCUT2D eigenvalue weighted by Gasteiger charge is 2.44. The van der Waals surface area contributed by atoms with E-state index in [4.69, 9.17) is 0 Å². The summed E-state index contributed by atoms with van der Waals surface area (Å²) in [6, 6.07) is 5.76. The summed E-state index contributed by atoms with van der Waals surface area (Å²) in [6.07, 6.45) is 3.27. The third kappa shape index (κ3) is 2.74. The average molecular weight is 308 g/mol. The van der Waals surface area contributed by atoms with Gasteiger partial charge < -0.3 is 5.32 Å². The molecule has 0 spiro atoms. The Balaban J connectivity index is 1.88. The first-order valence-electron chi connectivity index (χ1n) is 7.84. The van der Waals surface area contributed by atoms with Crippen molar-refractivity contribution in [2.75, 3.05) is 13.1 Å². The minimum atomic E-state index is -3.33. The van der Waals surface area contributed by atoms with E-state index in [0.29, 0.717) is 17.4 Å². The molecule has 2 atom stereocenters. The lowest BCUT2D eigenvalue weighted by molar-refractivity contribution is 0.333. The third-order valence-electron chi connectivity index (χ3n) is 4.85. The van der Waals surface area contributed by atoms with Crippen molar-refractivity contribution in [1.29, 1.82) is 0 Å². The largest absolute Gasteiger partial charge is 0.313 e. The van der Waals surface area contributed by atoms with E-state index < -0.39 is 10.0 Å². The number of hydrogen-bond acceptors (Lipinski definition) is 3. The minimum absolute atomic E-state index is 0.235. The normalized spacial score (nSPS) is 25.6. The third-order valence-corrected chi connectivity index (χ3v) is 6.77. The Morgan fingerprint density at radius 2 is 2.14 bits per heavy atom. The average Bonchev–Trinajstić information content (AvgIpc) is 3.09. The quantitative estimate of drug-likeness (QED) is 0.908. The molecule has 116 valence electrons. The van der Waals surface area contributed by atoms with Gasteiger partial charge in [0.15, 0.2) is 0 Å². The number of fused-ring (bicyclic) bond motifs is 2. The molecule has 1 aromatic rings. The van der Waals surface area contributed by atoms with E-state index in [0.717, 1.165) is 37.1 Å². The van der Waals surface area contributed by atoms with E-state index in [1.54, 1.807) is 10.4 Å². The van der Waals surface area contributed by atoms with Gasteiger partial charge in [0.1, 0.15) is 0 Å². The van der Waals surface area contributed by atoms with Crippen LogP contribution in [-0.2, 0) is 16.6 Å². The van der Waals surface area contributed by atoms with Gasteiger partial charge in [-0.25, -0.2) is 8.42 Å². The van der Waals surface area contributed by atoms with Crippen molar-refractivity contribution in [2.24, 2.45) is 5.92 Å². The fourth-order valence-corrected chi connectivity index (χ4v) is 5.36. The number of rotatable bonds is 5. The molecule has 0 radical (unpaired) electrons. The highest BCUT2D eigenvalue weighted by Crippen LogP contribution is 2.40. The highest BCUT2D eigenvalue weighted by molar-refractivity contribution is 7.89. The van der Waals surface area contributed by atoms with E-state index in [1.807, 2.05) is 19.1 Å². The molecule has 1 aliphatic carbocycles. The van der Waals surface area contributed by atoms with E-state index in [1.165, 1.54) is 6.42 Å². The lowest BCUT2D eigenvalue weighted by atomic mass is 10.1. The van der Waals surface area contributed by atoms with E-state index in [2.05, 4.69) is 12.2 Å². The Hall–Kier alpha value is -0.910. The maximum Gasteiger partial charge on any atom is 0.243 e. The van der Waals surface area contributed by atoms with Gasteiger partial charge in [-0.2, -0.15) is 4.31 Å². The molecule has 2 fully saturated rings. The van der Waals surface area contributed by atoms with Crippen LogP contribution in [0.1, 0.15) is 37.3 Å². The summed E-state index contributed by atoms with van der Waals surface area (Å²) in [5, 5.41) is 3.27. The van der Waals surface area contributed by atoms with Crippen molar-refractivity contribution in [1.82, 2.24) is 9.62 Å². The second-order valence-electron chi connectivity index (χ2n) is 6.28. The van der Waals surface area contributed by atoms with E-state index >= 15 is 0 Å². The minimum Gasteiger partial charge on any atom is -0.313 e. The van der Waals surface area contributed by atoms with Crippen LogP contribution >= 0.6 is 0 Å². The molecule has 5 heteroatoms. The molecule has 21 heavy (non-hydrogen) atoms. The Labute approximate surface area is 127 Å². The van der Waals surface area contributed by atoms with Crippen molar-refractivity contribution in [3.63, 3.8) is 0 Å². The summed E-state index contributed by atoms with van der Waals surface area (Å²) in [5.41, 5.74) is 2.21. The second-order valence-corrected chi connectivity index (χ2v) is 8.17. The van der Waals surface area contributed by atoms with Gasteiger partial charge in [-0.05, 0) is 61.9 Å². The van der Waals surface area contributed by atoms with E-state index in [9.17, 15) is 8.42 Å². The van der Waals surface area contributed by atoms with Crippen LogP contribution in [0.4, 0.5) is 0 Å². The summed E-state index contributed by atoms with van der Waals surface area (Å²) in [6.45, 7) is 6.39. The summed E-state index contributed by atoms with van der Waals surface area (Å²) < 4.78 is 27.5. The predicted molar refractivity (Wildman–Crippen MR) is 83.6 cm³/mol. The lowest BCUT2D eigenvalue weighted by Gasteiger charge is -2.26. The van der Waals surface area contributed by atoms with Crippen molar-refractivity contribution in [2.45, 2.75) is 50.6 Å². The maximum absolute atomic E-state index is 12.9. The number of nitrogens with one attached hydrogen (secondary N) is 1. The first-order chi connectivity index (χ1) is 10.0. The zero-order valence-corrected chi connectivity index (χ0v) is 13.6. The van der Waals surface area contributed by atoms with Crippen LogP contribution in [0.3, 0.4) is 0 Å². The molecule has 4 nitrogen and oxygen atoms in total. The summed E-state index contributed by atoms with van der Waals surface area (Å²) in [4.78, 5) is 0.452. The van der Waals surface area contributed by atoms with Gasteiger partial charge in [-0.3, -0.25) is 0 Å². The molecule has 1 saturated carbocycles. The lowest BCUT2D eigenvalue weighted by Crippen LogP contribution is -2.37. The molecule has 2 aliphatic rings. The molecule has 0 amide bonds. The van der Waals surface area contributed by atoms with Gasteiger partial charge in [0.05, 0.1) is 4.90 Å². The van der Waals surface area contributed by atoms with Crippen LogP contribution in [-0.4, -0.2) is 31.9 Å². The zero-order chi connectivity index (χ0) is 15.0. The molecule has 3 rings (SSSR count). The molecule has 0 aromatic heterocycles. The molecule has 1 N–H and O–H groups in total. The Bertz CT molecular complexity index is 627. The second kappa shape index (κ2) is 5.71. The Morgan fingerprint density at radius 1 is 1.33 bits per heavy atom. The van der Waals surface area contributed by atoms with Crippen LogP contribution in [0, 0.1) is 12.8 Å². The molecule has 1 heterocycles. The molecule has 1 aromatic carbocycles. The van der Waals surface area contributed by atoms with Gasteiger partial charge in [-0.1, -0.05) is 13.0 Å². The number of piperidine rings is 1. The molecule has 2 unspecified atom stereocenters. The number of nitrogens with zero attached hydrogens (tertiary/aromatic N) is 1. The van der Waals surface area contributed by atoms with Gasteiger partial charge in [0.25, 0.3) is 0 Å². The van der Waals surface area contributed by atoms with Crippen LogP contribution in [0.15, 0.2) is 23.1 Å². The maximum atomic E-state index is 12.9. The Morgan fingerprint density at radius 3 is 2.76 bits per heavy atom. The van der Waals surface area contributed by atoms with Crippen LogP contribution in [0.5, 0.6) is 0 Å². The van der Waals surface area contributed by atoms with Gasteiger partial charge in [0, 0.05) is 19.1 Å². The number of hydrogen-bond donors (Lipinski definition) is 1. The zero-order valence-electron chi connectivity index (χ0n) is 12.8. The van der Waals surface area contributed by atoms with Gasteiger partial charge in [-0.15, -0.1) is 0 Å². The van der Waals surface area contributed by atoms with E-state index in [-0.39, 0.29) is 6.04 Å². The SMILES string of the molecule is CCNCc1cc(S(=O)(=O)N2CC3CCC2C3)ccc1C. The molecular formula is C16H24N2O2S. The number of aryl methyl sites for hydroxylation is 1. The summed E-state index contributed by atoms with van der Waals surface area (Å²) in [5.74, 6) is 0.580. The number of sulfonamides is 1. The van der Waals surface area contributed by atoms with Crippen LogP contribution < -0.4 is 5.32 Å². The molecular weight excluding hydrogens is 284 g/mol. The first-order valence-corrected chi connectivity index (χ1v) is 9.28. The van der Waals surface area contributed by atoms with Crippen molar-refractivity contribution in [3.05, 3.63) is 29.3 Å². The number of benzene rings is 1. The highest BCUT2D eigenvalue weighted by atomic mass is 32.2. The fraction of sp³-hybridized carbons (Fsp3) is 0.625. The van der Waals surface area contributed by atoms with Gasteiger partial charge >= 0.3 is 0 Å². The first kappa shape index (κ1) is 15.0. The topological polar surface area (TPSA) is 49.4 Å². The van der Waals surface area contributed by atoms with Gasteiger partial charge in [0.2, 0.25) is 10.0 Å². The molecule has 2 bridgehead atoms. The Kier molecular flexibility index (Phi) is 4.08. The fourth-order valence-electron chi connectivity index (χ4n) is 3.57. The monoisotopic (exact) mass is 308 g/mol. The van der Waals surface area contributed by atoms with Crippen molar-refractivity contribution < 1.29 is 8.42 Å². The van der Waals surface area contributed by atoms with Crippen molar-refractivity contribution in [3.8, 4) is 0 Å². The summed E-state index contributed by atoms with van der Waals surface area (Å²) >= 11 is 0. The smallest absolute Gasteiger partial charge is 0.243 e. The molecule has 1 saturated heterocycles. The molecule has 1 aliphatic heterocycles. The van der Waals surface area contributed by atoms with Crippen LogP contribution in [0.2, 0.25) is 0 Å². The standard InChI is InChI=1S/C16H24N2O2S/c1-3-17-10-14-9-16(7-4-12(14)2)21(19,20)18-11-13-5-6-15(18)8-13/h4,7,9,13,15,17H,3,5-6,8,10-11H2,1-2H3. The van der Waals surface area contributed by atoms with Crippen LogP contribution in [0.25, 0.3) is 0 Å².